The maximum atomic E-state index is 12.1. The van der Waals surface area contributed by atoms with Crippen molar-refractivity contribution >= 4 is 44.7 Å². The van der Waals surface area contributed by atoms with Crippen LogP contribution in [-0.2, 0) is 13.0 Å². The molecule has 0 fully saturated rings. The van der Waals surface area contributed by atoms with Crippen molar-refractivity contribution in [2.45, 2.75) is 29.9 Å². The first-order valence-electron chi connectivity index (χ1n) is 9.01. The van der Waals surface area contributed by atoms with E-state index in [1.165, 1.54) is 18.1 Å². The predicted molar refractivity (Wildman–Crippen MR) is 114 cm³/mol. The van der Waals surface area contributed by atoms with Crippen molar-refractivity contribution in [2.75, 3.05) is 12.5 Å². The molecule has 0 atom stereocenters. The molecule has 1 aromatic carbocycles. The van der Waals surface area contributed by atoms with Crippen molar-refractivity contribution in [1.29, 1.82) is 0 Å². The number of nitrogen functional groups attached to an aromatic ring is 1. The van der Waals surface area contributed by atoms with E-state index in [9.17, 15) is 4.79 Å². The van der Waals surface area contributed by atoms with E-state index >= 15 is 0 Å². The molecule has 1 aliphatic heterocycles. The Morgan fingerprint density at radius 1 is 1.27 bits per heavy atom. The molecule has 4 heterocycles. The second-order valence-electron chi connectivity index (χ2n) is 6.65. The van der Waals surface area contributed by atoms with Gasteiger partial charge in [0, 0.05) is 27.2 Å². The zero-order chi connectivity index (χ0) is 20.8. The van der Waals surface area contributed by atoms with Crippen molar-refractivity contribution in [3.8, 4) is 11.5 Å². The molecule has 10 nitrogen and oxygen atoms in total. The number of fused-ring (bicyclic) bond motifs is 2. The number of rotatable bonds is 5. The molecule has 0 amide bonds. The van der Waals surface area contributed by atoms with Crippen LogP contribution in [0.1, 0.15) is 11.3 Å². The Labute approximate surface area is 182 Å². The summed E-state index contributed by atoms with van der Waals surface area (Å²) < 4.78 is 13.7. The summed E-state index contributed by atoms with van der Waals surface area (Å²) in [4.78, 5) is 26.1. The Morgan fingerprint density at radius 3 is 2.83 bits per heavy atom. The van der Waals surface area contributed by atoms with E-state index in [0.29, 0.717) is 52.2 Å². The number of aromatic amines is 2. The highest BCUT2D eigenvalue weighted by molar-refractivity contribution is 9.10. The Hall–Kier alpha value is -2.99. The molecule has 0 saturated heterocycles. The van der Waals surface area contributed by atoms with E-state index in [4.69, 9.17) is 15.2 Å². The molecular weight excluding hydrogens is 474 g/mol. The van der Waals surface area contributed by atoms with E-state index in [-0.39, 0.29) is 12.4 Å². The molecular formula is C18H16BrN7O3S. The Morgan fingerprint density at radius 2 is 2.07 bits per heavy atom. The first-order chi connectivity index (χ1) is 14.5. The number of aryl methyl sites for hydroxylation is 2. The van der Waals surface area contributed by atoms with Crippen LogP contribution >= 0.6 is 27.7 Å². The van der Waals surface area contributed by atoms with Gasteiger partial charge in [-0.05, 0) is 41.4 Å². The molecule has 0 bridgehead atoms. The standard InChI is InChI=1S/C18H16BrN7O3S/c1-8-9(17(27)25-24-8)2-3-26-16-14(15(20)21-6-22-16)23-18(26)30-13-5-12-11(4-10(13)19)28-7-29-12/h4-6H,2-3,7H2,1H3,(H2,20,21,22)(H2,24,25,27). The average Bonchev–Trinajstić information content (AvgIpc) is 3.40. The molecule has 0 unspecified atom stereocenters. The molecule has 4 N–H and O–H groups in total. The lowest BCUT2D eigenvalue weighted by Gasteiger charge is -2.09. The summed E-state index contributed by atoms with van der Waals surface area (Å²) in [6.45, 7) is 2.56. The van der Waals surface area contributed by atoms with Crippen LogP contribution in [0.2, 0.25) is 0 Å². The summed E-state index contributed by atoms with van der Waals surface area (Å²) in [6.07, 6.45) is 1.92. The van der Waals surface area contributed by atoms with Gasteiger partial charge in [0.15, 0.2) is 33.6 Å². The summed E-state index contributed by atoms with van der Waals surface area (Å²) in [6, 6.07) is 3.77. The molecule has 0 radical (unpaired) electrons. The summed E-state index contributed by atoms with van der Waals surface area (Å²) in [5, 5.41) is 6.15. The number of aromatic nitrogens is 6. The molecule has 1 aliphatic rings. The third-order valence-corrected chi connectivity index (χ3v) is 6.80. The lowest BCUT2D eigenvalue weighted by molar-refractivity contribution is 0.174. The summed E-state index contributed by atoms with van der Waals surface area (Å²) in [7, 11) is 0. The molecule has 30 heavy (non-hydrogen) atoms. The number of hydrogen-bond donors (Lipinski definition) is 3. The van der Waals surface area contributed by atoms with Crippen molar-refractivity contribution in [1.82, 2.24) is 29.7 Å². The van der Waals surface area contributed by atoms with Crippen LogP contribution in [0.15, 0.2) is 37.8 Å². The summed E-state index contributed by atoms with van der Waals surface area (Å²) >= 11 is 5.02. The third kappa shape index (κ3) is 3.21. The minimum Gasteiger partial charge on any atom is -0.454 e. The SMILES string of the molecule is Cc1[nH][nH]c(=O)c1CCn1c(Sc2cc3c(cc2Br)OCO3)nc2c(N)ncnc21. The molecule has 12 heteroatoms. The van der Waals surface area contributed by atoms with Gasteiger partial charge in [0.25, 0.3) is 5.56 Å². The van der Waals surface area contributed by atoms with Crippen LogP contribution in [0.25, 0.3) is 11.2 Å². The van der Waals surface area contributed by atoms with Crippen molar-refractivity contribution in [3.05, 3.63) is 44.5 Å². The Bertz CT molecular complexity index is 1330. The topological polar surface area (TPSA) is 137 Å². The zero-order valence-corrected chi connectivity index (χ0v) is 18.1. The molecule has 3 aromatic heterocycles. The number of imidazole rings is 1. The number of H-pyrrole nitrogens is 2. The number of nitrogens with two attached hydrogens (primary N) is 1. The quantitative estimate of drug-likeness (QED) is 0.389. The van der Waals surface area contributed by atoms with Crippen LogP contribution in [-0.4, -0.2) is 36.5 Å². The number of ether oxygens (including phenoxy) is 2. The first kappa shape index (κ1) is 19.0. The molecule has 5 rings (SSSR count). The minimum atomic E-state index is -0.126. The number of halogens is 1. The van der Waals surface area contributed by atoms with Gasteiger partial charge in [-0.25, -0.2) is 15.0 Å². The van der Waals surface area contributed by atoms with E-state index in [2.05, 4.69) is 41.1 Å². The third-order valence-electron chi connectivity index (χ3n) is 4.83. The van der Waals surface area contributed by atoms with Crippen molar-refractivity contribution in [3.63, 3.8) is 0 Å². The minimum absolute atomic E-state index is 0.126. The lowest BCUT2D eigenvalue weighted by atomic mass is 10.2. The molecule has 154 valence electrons. The van der Waals surface area contributed by atoms with Gasteiger partial charge in [-0.3, -0.25) is 9.89 Å². The largest absolute Gasteiger partial charge is 0.454 e. The number of nitrogens with one attached hydrogen (secondary N) is 2. The molecule has 0 aliphatic carbocycles. The summed E-state index contributed by atoms with van der Waals surface area (Å²) in [5.74, 6) is 1.68. The Kier molecular flexibility index (Phi) is 4.66. The first-order valence-corrected chi connectivity index (χ1v) is 10.6. The Balaban J connectivity index is 1.55. The number of hydrogen-bond acceptors (Lipinski definition) is 8. The van der Waals surface area contributed by atoms with Crippen LogP contribution in [0.5, 0.6) is 11.5 Å². The van der Waals surface area contributed by atoms with Crippen LogP contribution in [0, 0.1) is 6.92 Å². The highest BCUT2D eigenvalue weighted by Crippen LogP contribution is 2.43. The van der Waals surface area contributed by atoms with Gasteiger partial charge in [-0.15, -0.1) is 0 Å². The predicted octanol–water partition coefficient (Wildman–Crippen LogP) is 2.62. The average molecular weight is 490 g/mol. The van der Waals surface area contributed by atoms with Crippen LogP contribution in [0.4, 0.5) is 5.82 Å². The molecule has 4 aromatic rings. The fraction of sp³-hybridized carbons (Fsp3) is 0.222. The zero-order valence-electron chi connectivity index (χ0n) is 15.7. The monoisotopic (exact) mass is 489 g/mol. The van der Waals surface area contributed by atoms with E-state index < -0.39 is 0 Å². The fourth-order valence-electron chi connectivity index (χ4n) is 3.28. The van der Waals surface area contributed by atoms with E-state index in [1.54, 1.807) is 0 Å². The van der Waals surface area contributed by atoms with E-state index in [1.807, 2.05) is 23.6 Å². The van der Waals surface area contributed by atoms with Gasteiger partial charge < -0.3 is 24.9 Å². The maximum absolute atomic E-state index is 12.1. The normalized spacial score (nSPS) is 12.7. The lowest BCUT2D eigenvalue weighted by Crippen LogP contribution is -2.11. The van der Waals surface area contributed by atoms with Gasteiger partial charge in [0.05, 0.1) is 0 Å². The second kappa shape index (κ2) is 7.36. The smallest absolute Gasteiger partial charge is 0.267 e. The number of benzene rings is 1. The van der Waals surface area contributed by atoms with Crippen LogP contribution < -0.4 is 20.8 Å². The van der Waals surface area contributed by atoms with Gasteiger partial charge in [0.1, 0.15) is 6.33 Å². The van der Waals surface area contributed by atoms with Crippen LogP contribution in [0.3, 0.4) is 0 Å². The molecule has 0 saturated carbocycles. The van der Waals surface area contributed by atoms with Gasteiger partial charge >= 0.3 is 0 Å². The summed E-state index contributed by atoms with van der Waals surface area (Å²) in [5.41, 5.74) is 8.55. The molecule has 0 spiro atoms. The number of nitrogens with zero attached hydrogens (tertiary/aromatic N) is 4. The van der Waals surface area contributed by atoms with Gasteiger partial charge in [0.2, 0.25) is 6.79 Å². The van der Waals surface area contributed by atoms with E-state index in [0.717, 1.165) is 15.1 Å². The second-order valence-corrected chi connectivity index (χ2v) is 8.51. The highest BCUT2D eigenvalue weighted by atomic mass is 79.9. The fourth-order valence-corrected chi connectivity index (χ4v) is 4.79. The number of anilines is 1. The van der Waals surface area contributed by atoms with Gasteiger partial charge in [-0.2, -0.15) is 0 Å². The van der Waals surface area contributed by atoms with Crippen molar-refractivity contribution in [2.24, 2.45) is 0 Å². The van der Waals surface area contributed by atoms with Crippen molar-refractivity contribution < 1.29 is 9.47 Å². The maximum Gasteiger partial charge on any atom is 0.267 e. The van der Waals surface area contributed by atoms with Gasteiger partial charge in [-0.1, -0.05) is 11.8 Å². The highest BCUT2D eigenvalue weighted by Gasteiger charge is 2.21.